The predicted molar refractivity (Wildman–Crippen MR) is 125 cm³/mol. The van der Waals surface area contributed by atoms with Gasteiger partial charge in [0.1, 0.15) is 5.41 Å². The second kappa shape index (κ2) is 8.12. The number of carbonyl (C=O) groups is 2. The monoisotopic (exact) mass is 459 g/mol. The molecule has 4 rings (SSSR count). The molecule has 1 fully saturated rings. The summed E-state index contributed by atoms with van der Waals surface area (Å²) >= 11 is 12.4. The molecule has 2 amide bonds. The highest BCUT2D eigenvalue weighted by Crippen LogP contribution is 2.56. The van der Waals surface area contributed by atoms with Crippen molar-refractivity contribution >= 4 is 40.7 Å². The van der Waals surface area contributed by atoms with Crippen molar-refractivity contribution in [3.8, 4) is 0 Å². The largest absolute Gasteiger partial charge is 0.347 e. The number of amides is 2. The molecular formula is C24H27Cl2N3O2. The first kappa shape index (κ1) is 22.1. The summed E-state index contributed by atoms with van der Waals surface area (Å²) in [7, 11) is 3.49. The van der Waals surface area contributed by atoms with Gasteiger partial charge >= 0.3 is 0 Å². The minimum atomic E-state index is -0.936. The Morgan fingerprint density at radius 3 is 2.35 bits per heavy atom. The van der Waals surface area contributed by atoms with Crippen LogP contribution < -0.4 is 10.6 Å². The van der Waals surface area contributed by atoms with Crippen molar-refractivity contribution < 1.29 is 9.59 Å². The van der Waals surface area contributed by atoms with Crippen LogP contribution >= 0.6 is 23.2 Å². The van der Waals surface area contributed by atoms with Gasteiger partial charge in [0.2, 0.25) is 11.8 Å². The Morgan fingerprint density at radius 1 is 1.10 bits per heavy atom. The molecule has 7 heteroatoms. The van der Waals surface area contributed by atoms with Crippen molar-refractivity contribution in [1.29, 1.82) is 0 Å². The summed E-state index contributed by atoms with van der Waals surface area (Å²) < 4.78 is 0. The molecule has 1 saturated heterocycles. The fraction of sp³-hybridized carbons (Fsp3) is 0.417. The van der Waals surface area contributed by atoms with Gasteiger partial charge in [-0.3, -0.25) is 9.59 Å². The number of hydrogen-bond acceptors (Lipinski definition) is 3. The van der Waals surface area contributed by atoms with Crippen molar-refractivity contribution in [2.75, 3.05) is 19.4 Å². The lowest BCUT2D eigenvalue weighted by Crippen LogP contribution is -2.48. The molecular weight excluding hydrogens is 433 g/mol. The van der Waals surface area contributed by atoms with Crippen molar-refractivity contribution in [2.45, 2.75) is 43.7 Å². The van der Waals surface area contributed by atoms with E-state index in [0.29, 0.717) is 21.7 Å². The molecule has 0 aliphatic carbocycles. The molecule has 2 aliphatic rings. The van der Waals surface area contributed by atoms with Crippen molar-refractivity contribution in [2.24, 2.45) is 5.92 Å². The van der Waals surface area contributed by atoms with Crippen molar-refractivity contribution in [3.05, 3.63) is 63.6 Å². The zero-order valence-electron chi connectivity index (χ0n) is 18.1. The topological polar surface area (TPSA) is 61.4 Å². The van der Waals surface area contributed by atoms with Crippen LogP contribution in [-0.2, 0) is 15.0 Å². The van der Waals surface area contributed by atoms with Crippen LogP contribution in [-0.4, -0.2) is 42.9 Å². The number of benzene rings is 2. The quantitative estimate of drug-likeness (QED) is 0.709. The number of rotatable bonds is 4. The number of nitrogens with one attached hydrogen (secondary N) is 2. The van der Waals surface area contributed by atoms with Gasteiger partial charge in [-0.05, 0) is 47.7 Å². The maximum atomic E-state index is 13.8. The van der Waals surface area contributed by atoms with E-state index in [4.69, 9.17) is 23.2 Å². The van der Waals surface area contributed by atoms with Crippen LogP contribution in [0.1, 0.15) is 37.3 Å². The van der Waals surface area contributed by atoms with Crippen LogP contribution in [0.2, 0.25) is 10.0 Å². The minimum absolute atomic E-state index is 0.0548. The average molecular weight is 460 g/mol. The SMILES string of the molecule is CC(C)C[C@H]1N[C@@H](C(=O)N(C)C)[C@H](c2ccc(Cl)cc2)[C@@]12C(=O)Nc1cc(Cl)ccc12. The zero-order valence-corrected chi connectivity index (χ0v) is 19.6. The van der Waals surface area contributed by atoms with E-state index in [9.17, 15) is 9.59 Å². The lowest BCUT2D eigenvalue weighted by Gasteiger charge is -2.36. The molecule has 2 N–H and O–H groups in total. The van der Waals surface area contributed by atoms with E-state index in [1.165, 1.54) is 0 Å². The number of nitrogens with zero attached hydrogens (tertiary/aromatic N) is 1. The summed E-state index contributed by atoms with van der Waals surface area (Å²) in [6, 6.07) is 12.2. The van der Waals surface area contributed by atoms with Crippen LogP contribution in [0.3, 0.4) is 0 Å². The van der Waals surface area contributed by atoms with Gasteiger partial charge in [0.15, 0.2) is 0 Å². The Bertz CT molecular complexity index is 1020. The first-order valence-corrected chi connectivity index (χ1v) is 11.3. The Morgan fingerprint density at radius 2 is 1.74 bits per heavy atom. The van der Waals surface area contributed by atoms with Crippen LogP contribution in [0.5, 0.6) is 0 Å². The molecule has 0 radical (unpaired) electrons. The number of carbonyl (C=O) groups excluding carboxylic acids is 2. The van der Waals surface area contributed by atoms with E-state index in [0.717, 1.165) is 17.5 Å². The second-order valence-electron chi connectivity index (χ2n) is 9.10. The standard InChI is InChI=1S/C24H27Cl2N3O2/c1-13(2)11-19-24(17-10-9-16(26)12-18(17)27-23(24)31)20(14-5-7-15(25)8-6-14)21(28-19)22(30)29(3)4/h5-10,12-13,19-21,28H,11H2,1-4H3,(H,27,31)/t19-,20+,21-,24+/m1/s1. The molecule has 2 aromatic carbocycles. The van der Waals surface area contributed by atoms with E-state index < -0.39 is 17.4 Å². The van der Waals surface area contributed by atoms with Crippen molar-refractivity contribution in [3.63, 3.8) is 0 Å². The first-order valence-electron chi connectivity index (χ1n) is 10.5. The smallest absolute Gasteiger partial charge is 0.239 e. The van der Waals surface area contributed by atoms with Gasteiger partial charge in [-0.25, -0.2) is 0 Å². The summed E-state index contributed by atoms with van der Waals surface area (Å²) in [5.74, 6) is -0.221. The highest BCUT2D eigenvalue weighted by molar-refractivity contribution is 6.31. The maximum absolute atomic E-state index is 13.8. The summed E-state index contributed by atoms with van der Waals surface area (Å²) in [6.45, 7) is 4.26. The average Bonchev–Trinajstić information content (AvgIpc) is 3.17. The molecule has 2 aromatic rings. The van der Waals surface area contributed by atoms with E-state index in [1.807, 2.05) is 36.4 Å². The summed E-state index contributed by atoms with van der Waals surface area (Å²) in [5, 5.41) is 7.80. The van der Waals surface area contributed by atoms with Crippen molar-refractivity contribution in [1.82, 2.24) is 10.2 Å². The van der Waals surface area contributed by atoms with Gasteiger partial charge in [0.05, 0.1) is 6.04 Å². The molecule has 2 heterocycles. The van der Waals surface area contributed by atoms with Gasteiger partial charge in [-0.1, -0.05) is 55.2 Å². The van der Waals surface area contributed by atoms with Gasteiger partial charge < -0.3 is 15.5 Å². The molecule has 0 aromatic heterocycles. The molecule has 2 aliphatic heterocycles. The van der Waals surface area contributed by atoms with Gasteiger partial charge in [0, 0.05) is 41.8 Å². The summed E-state index contributed by atoms with van der Waals surface area (Å²) in [4.78, 5) is 28.7. The lowest BCUT2D eigenvalue weighted by molar-refractivity contribution is -0.131. The Balaban J connectivity index is 1.98. The molecule has 164 valence electrons. The lowest BCUT2D eigenvalue weighted by atomic mass is 9.63. The van der Waals surface area contributed by atoms with E-state index in [1.54, 1.807) is 25.1 Å². The first-order chi connectivity index (χ1) is 14.7. The molecule has 5 nitrogen and oxygen atoms in total. The molecule has 0 unspecified atom stereocenters. The number of fused-ring (bicyclic) bond motifs is 2. The third-order valence-electron chi connectivity index (χ3n) is 6.45. The van der Waals surface area contributed by atoms with E-state index >= 15 is 0 Å². The van der Waals surface area contributed by atoms with Gasteiger partial charge in [-0.2, -0.15) is 0 Å². The molecule has 31 heavy (non-hydrogen) atoms. The van der Waals surface area contributed by atoms with Crippen LogP contribution in [0.25, 0.3) is 0 Å². The summed E-state index contributed by atoms with van der Waals surface area (Å²) in [6.07, 6.45) is 0.747. The molecule has 4 atom stereocenters. The normalized spacial score (nSPS) is 26.9. The fourth-order valence-electron chi connectivity index (χ4n) is 5.25. The fourth-order valence-corrected chi connectivity index (χ4v) is 5.55. The number of likely N-dealkylation sites (N-methyl/N-ethyl adjacent to an activating group) is 1. The summed E-state index contributed by atoms with van der Waals surface area (Å²) in [5.41, 5.74) is 1.56. The molecule has 1 spiro atoms. The number of hydrogen-bond donors (Lipinski definition) is 2. The third kappa shape index (κ3) is 3.53. The maximum Gasteiger partial charge on any atom is 0.239 e. The highest BCUT2D eigenvalue weighted by atomic mass is 35.5. The zero-order chi connectivity index (χ0) is 22.5. The Kier molecular flexibility index (Phi) is 5.80. The molecule has 0 saturated carbocycles. The van der Waals surface area contributed by atoms with Gasteiger partial charge in [-0.15, -0.1) is 0 Å². The Hall–Kier alpha value is -2.08. The van der Waals surface area contributed by atoms with Gasteiger partial charge in [0.25, 0.3) is 0 Å². The second-order valence-corrected chi connectivity index (χ2v) is 9.97. The predicted octanol–water partition coefficient (Wildman–Crippen LogP) is 4.44. The number of halogens is 2. The highest BCUT2D eigenvalue weighted by Gasteiger charge is 2.65. The van der Waals surface area contributed by atoms with Crippen LogP contribution in [0.15, 0.2) is 42.5 Å². The van der Waals surface area contributed by atoms with E-state index in [-0.39, 0.29) is 17.9 Å². The Labute approximate surface area is 193 Å². The van der Waals surface area contributed by atoms with Crippen LogP contribution in [0, 0.1) is 5.92 Å². The number of anilines is 1. The van der Waals surface area contributed by atoms with Crippen LogP contribution in [0.4, 0.5) is 5.69 Å². The third-order valence-corrected chi connectivity index (χ3v) is 6.94. The van der Waals surface area contributed by atoms with E-state index in [2.05, 4.69) is 24.5 Å². The molecule has 0 bridgehead atoms. The minimum Gasteiger partial charge on any atom is -0.347 e.